The van der Waals surface area contributed by atoms with Gasteiger partial charge in [0.25, 0.3) is 0 Å². The lowest BCUT2D eigenvalue weighted by Crippen LogP contribution is -2.59. The van der Waals surface area contributed by atoms with Gasteiger partial charge in [-0.25, -0.2) is 0 Å². The standard InChI is InChI=1S/C16H27N5/c1-11-9-20-7-5-4-6-14(20)10-21(11)16-15(8-17)12(2)13(3)18-19-16/h11,14H,4-10,17H2,1-3H3. The van der Waals surface area contributed by atoms with Crippen LogP contribution in [0.2, 0.25) is 0 Å². The number of aryl methyl sites for hydroxylation is 1. The molecule has 1 aromatic rings. The molecular weight excluding hydrogens is 262 g/mol. The number of piperazine rings is 1. The Balaban J connectivity index is 1.91. The second kappa shape index (κ2) is 5.89. The predicted molar refractivity (Wildman–Crippen MR) is 85.4 cm³/mol. The van der Waals surface area contributed by atoms with Crippen molar-refractivity contribution < 1.29 is 0 Å². The molecular formula is C16H27N5. The number of piperidine rings is 1. The number of aromatic nitrogens is 2. The topological polar surface area (TPSA) is 58.3 Å². The largest absolute Gasteiger partial charge is 0.349 e. The van der Waals surface area contributed by atoms with Gasteiger partial charge in [-0.3, -0.25) is 4.90 Å². The zero-order valence-corrected chi connectivity index (χ0v) is 13.5. The summed E-state index contributed by atoms with van der Waals surface area (Å²) in [5.41, 5.74) is 9.35. The van der Waals surface area contributed by atoms with Gasteiger partial charge in [-0.15, -0.1) is 5.10 Å². The maximum Gasteiger partial charge on any atom is 0.156 e. The third kappa shape index (κ3) is 2.64. The summed E-state index contributed by atoms with van der Waals surface area (Å²) in [5, 5.41) is 8.84. The van der Waals surface area contributed by atoms with Crippen molar-refractivity contribution in [3.63, 3.8) is 0 Å². The number of anilines is 1. The van der Waals surface area contributed by atoms with Gasteiger partial charge in [0, 0.05) is 37.3 Å². The van der Waals surface area contributed by atoms with Crippen LogP contribution in [0, 0.1) is 13.8 Å². The van der Waals surface area contributed by atoms with Crippen LogP contribution in [-0.4, -0.2) is 46.8 Å². The minimum absolute atomic E-state index is 0.473. The lowest BCUT2D eigenvalue weighted by Gasteiger charge is -2.48. The number of nitrogens with zero attached hydrogens (tertiary/aromatic N) is 4. The Morgan fingerprint density at radius 1 is 1.19 bits per heavy atom. The molecule has 0 saturated carbocycles. The molecule has 0 amide bonds. The molecule has 0 aliphatic carbocycles. The van der Waals surface area contributed by atoms with E-state index in [2.05, 4.69) is 33.8 Å². The summed E-state index contributed by atoms with van der Waals surface area (Å²) in [6, 6.07) is 1.14. The van der Waals surface area contributed by atoms with Crippen LogP contribution >= 0.6 is 0 Å². The normalized spacial score (nSPS) is 26.8. The van der Waals surface area contributed by atoms with E-state index in [-0.39, 0.29) is 0 Å². The Kier molecular flexibility index (Phi) is 4.13. The summed E-state index contributed by atoms with van der Waals surface area (Å²) in [4.78, 5) is 5.09. The fraction of sp³-hybridized carbons (Fsp3) is 0.750. The van der Waals surface area contributed by atoms with Crippen LogP contribution in [0.3, 0.4) is 0 Å². The maximum absolute atomic E-state index is 6.00. The second-order valence-electron chi connectivity index (χ2n) is 6.56. The van der Waals surface area contributed by atoms with E-state index in [1.807, 2.05) is 6.92 Å². The molecule has 0 spiro atoms. The van der Waals surface area contributed by atoms with Gasteiger partial charge < -0.3 is 10.6 Å². The minimum atomic E-state index is 0.473. The summed E-state index contributed by atoms with van der Waals surface area (Å²) >= 11 is 0. The van der Waals surface area contributed by atoms with Crippen molar-refractivity contribution in [1.82, 2.24) is 15.1 Å². The highest BCUT2D eigenvalue weighted by Crippen LogP contribution is 2.30. The molecule has 1 aromatic heterocycles. The van der Waals surface area contributed by atoms with Gasteiger partial charge in [0.2, 0.25) is 0 Å². The van der Waals surface area contributed by atoms with Crippen molar-refractivity contribution in [2.24, 2.45) is 5.73 Å². The Labute approximate surface area is 127 Å². The molecule has 0 bridgehead atoms. The first-order chi connectivity index (χ1) is 10.1. The molecule has 2 saturated heterocycles. The number of fused-ring (bicyclic) bond motifs is 1. The number of hydrogen-bond donors (Lipinski definition) is 1. The lowest BCUT2D eigenvalue weighted by atomic mass is 9.96. The Morgan fingerprint density at radius 3 is 2.76 bits per heavy atom. The average molecular weight is 289 g/mol. The molecule has 2 fully saturated rings. The van der Waals surface area contributed by atoms with E-state index in [1.165, 1.54) is 36.9 Å². The zero-order chi connectivity index (χ0) is 15.0. The highest BCUT2D eigenvalue weighted by atomic mass is 15.4. The number of rotatable bonds is 2. The fourth-order valence-corrected chi connectivity index (χ4v) is 3.77. The van der Waals surface area contributed by atoms with Gasteiger partial charge in [0.05, 0.1) is 5.69 Å². The molecule has 21 heavy (non-hydrogen) atoms. The molecule has 3 rings (SSSR count). The molecule has 2 N–H and O–H groups in total. The molecule has 2 atom stereocenters. The molecule has 2 aliphatic heterocycles. The van der Waals surface area contributed by atoms with Crippen LogP contribution in [0.25, 0.3) is 0 Å². The van der Waals surface area contributed by atoms with Crippen LogP contribution < -0.4 is 10.6 Å². The first kappa shape index (κ1) is 14.7. The van der Waals surface area contributed by atoms with Gasteiger partial charge in [-0.05, 0) is 45.7 Å². The predicted octanol–water partition coefficient (Wildman–Crippen LogP) is 1.62. The van der Waals surface area contributed by atoms with Crippen LogP contribution in [0.1, 0.15) is 43.0 Å². The van der Waals surface area contributed by atoms with E-state index < -0.39 is 0 Å². The SMILES string of the molecule is Cc1nnc(N2CC3CCCCN3CC2C)c(CN)c1C. The third-order valence-electron chi connectivity index (χ3n) is 5.22. The van der Waals surface area contributed by atoms with Crippen LogP contribution in [0.5, 0.6) is 0 Å². The van der Waals surface area contributed by atoms with Crippen LogP contribution in [0.15, 0.2) is 0 Å². The molecule has 5 heteroatoms. The molecule has 2 unspecified atom stereocenters. The van der Waals surface area contributed by atoms with Gasteiger partial charge in [0.15, 0.2) is 5.82 Å². The summed E-state index contributed by atoms with van der Waals surface area (Å²) in [5.74, 6) is 1.01. The molecule has 0 aromatic carbocycles. The first-order valence-electron chi connectivity index (χ1n) is 8.15. The Hall–Kier alpha value is -1.20. The van der Waals surface area contributed by atoms with Crippen molar-refractivity contribution in [3.8, 4) is 0 Å². The van der Waals surface area contributed by atoms with Gasteiger partial charge in [0.1, 0.15) is 0 Å². The highest BCUT2D eigenvalue weighted by Gasteiger charge is 2.34. The molecule has 116 valence electrons. The molecule has 3 heterocycles. The number of nitrogens with two attached hydrogens (primary N) is 1. The van der Waals surface area contributed by atoms with Crippen molar-refractivity contribution in [2.75, 3.05) is 24.5 Å². The van der Waals surface area contributed by atoms with E-state index in [0.29, 0.717) is 18.6 Å². The maximum atomic E-state index is 6.00. The van der Waals surface area contributed by atoms with E-state index in [0.717, 1.165) is 24.6 Å². The average Bonchev–Trinajstić information content (AvgIpc) is 2.49. The van der Waals surface area contributed by atoms with Crippen molar-refractivity contribution in [1.29, 1.82) is 0 Å². The smallest absolute Gasteiger partial charge is 0.156 e. The van der Waals surface area contributed by atoms with Crippen molar-refractivity contribution in [3.05, 3.63) is 16.8 Å². The van der Waals surface area contributed by atoms with Crippen LogP contribution in [-0.2, 0) is 6.54 Å². The van der Waals surface area contributed by atoms with Gasteiger partial charge in [-0.2, -0.15) is 5.10 Å². The van der Waals surface area contributed by atoms with Crippen molar-refractivity contribution >= 4 is 5.82 Å². The fourth-order valence-electron chi connectivity index (χ4n) is 3.77. The molecule has 2 aliphatic rings. The summed E-state index contributed by atoms with van der Waals surface area (Å²) in [6.07, 6.45) is 4.01. The summed E-state index contributed by atoms with van der Waals surface area (Å²) in [7, 11) is 0. The summed E-state index contributed by atoms with van der Waals surface area (Å²) < 4.78 is 0. The third-order valence-corrected chi connectivity index (χ3v) is 5.22. The number of hydrogen-bond acceptors (Lipinski definition) is 5. The second-order valence-corrected chi connectivity index (χ2v) is 6.56. The van der Waals surface area contributed by atoms with E-state index in [9.17, 15) is 0 Å². The Morgan fingerprint density at radius 2 is 2.00 bits per heavy atom. The lowest BCUT2D eigenvalue weighted by molar-refractivity contribution is 0.115. The van der Waals surface area contributed by atoms with Gasteiger partial charge >= 0.3 is 0 Å². The van der Waals surface area contributed by atoms with E-state index in [4.69, 9.17) is 5.73 Å². The van der Waals surface area contributed by atoms with E-state index in [1.54, 1.807) is 0 Å². The highest BCUT2D eigenvalue weighted by molar-refractivity contribution is 5.52. The minimum Gasteiger partial charge on any atom is -0.349 e. The zero-order valence-electron chi connectivity index (χ0n) is 13.5. The molecule has 0 radical (unpaired) electrons. The quantitative estimate of drug-likeness (QED) is 0.896. The Bertz CT molecular complexity index is 516. The van der Waals surface area contributed by atoms with E-state index >= 15 is 0 Å². The van der Waals surface area contributed by atoms with Gasteiger partial charge in [-0.1, -0.05) is 6.42 Å². The molecule has 5 nitrogen and oxygen atoms in total. The van der Waals surface area contributed by atoms with Crippen molar-refractivity contribution in [2.45, 2.75) is 58.7 Å². The van der Waals surface area contributed by atoms with Crippen LogP contribution in [0.4, 0.5) is 5.82 Å². The first-order valence-corrected chi connectivity index (χ1v) is 8.15. The monoisotopic (exact) mass is 289 g/mol. The summed E-state index contributed by atoms with van der Waals surface area (Å²) in [6.45, 7) is 10.4.